The highest BCUT2D eigenvalue weighted by Crippen LogP contribution is 2.65. The molecule has 1 unspecified atom stereocenters. The lowest BCUT2D eigenvalue weighted by Gasteiger charge is -2.63. The van der Waals surface area contributed by atoms with Crippen LogP contribution in [0.2, 0.25) is 0 Å². The predicted molar refractivity (Wildman–Crippen MR) is 112 cm³/mol. The highest BCUT2D eigenvalue weighted by molar-refractivity contribution is 5.43. The number of H-pyrrole nitrogens is 2. The first-order chi connectivity index (χ1) is 13.1. The van der Waals surface area contributed by atoms with E-state index < -0.39 is 0 Å². The summed E-state index contributed by atoms with van der Waals surface area (Å²) in [4.78, 5) is 24.4. The van der Waals surface area contributed by atoms with E-state index in [2.05, 4.69) is 63.0 Å². The first kappa shape index (κ1) is 19.3. The van der Waals surface area contributed by atoms with Crippen LogP contribution in [0, 0.1) is 10.8 Å². The molecule has 0 radical (unpaired) electrons. The summed E-state index contributed by atoms with van der Waals surface area (Å²) < 4.78 is 1.36. The second-order valence-electron chi connectivity index (χ2n) is 10.1. The van der Waals surface area contributed by atoms with Crippen molar-refractivity contribution in [1.82, 2.24) is 14.8 Å². The monoisotopic (exact) mass is 383 g/mol. The van der Waals surface area contributed by atoms with Gasteiger partial charge in [-0.05, 0) is 64.5 Å². The molecule has 28 heavy (non-hydrogen) atoms. The third-order valence-electron chi connectivity index (χ3n) is 8.51. The normalized spacial score (nSPS) is 32.2. The van der Waals surface area contributed by atoms with E-state index in [0.29, 0.717) is 12.5 Å². The minimum absolute atomic E-state index is 0.0216. The summed E-state index contributed by atoms with van der Waals surface area (Å²) in [6.07, 6.45) is 5.47. The lowest BCUT2D eigenvalue weighted by molar-refractivity contribution is -0.0796. The van der Waals surface area contributed by atoms with Crippen LogP contribution in [0.15, 0.2) is 27.8 Å². The molecule has 0 bridgehead atoms. The van der Waals surface area contributed by atoms with Crippen LogP contribution in [0.25, 0.3) is 0 Å². The van der Waals surface area contributed by atoms with Gasteiger partial charge in [0.2, 0.25) is 0 Å². The molecule has 2 aliphatic rings. The quantitative estimate of drug-likeness (QED) is 0.838. The fraction of sp³-hybridized carbons (Fsp3) is 0.652. The molecular formula is C23H33N3O2. The van der Waals surface area contributed by atoms with Crippen LogP contribution < -0.4 is 11.4 Å². The van der Waals surface area contributed by atoms with Crippen molar-refractivity contribution in [3.05, 3.63) is 55.9 Å². The van der Waals surface area contributed by atoms with Crippen LogP contribution >= 0.6 is 0 Å². The molecule has 4 rings (SSSR count). The van der Waals surface area contributed by atoms with Gasteiger partial charge >= 0.3 is 11.4 Å². The minimum Gasteiger partial charge on any atom is -0.247 e. The Morgan fingerprint density at radius 3 is 2.36 bits per heavy atom. The van der Waals surface area contributed by atoms with E-state index in [0.717, 1.165) is 32.1 Å². The number of nitrogens with one attached hydrogen (secondary N) is 2. The second kappa shape index (κ2) is 6.23. The van der Waals surface area contributed by atoms with Gasteiger partial charge in [0.1, 0.15) is 0 Å². The van der Waals surface area contributed by atoms with Gasteiger partial charge in [0.25, 0.3) is 0 Å². The summed E-state index contributed by atoms with van der Waals surface area (Å²) in [5, 5.41) is 4.88. The number of hydrogen-bond acceptors (Lipinski definition) is 2. The van der Waals surface area contributed by atoms with E-state index in [-0.39, 0.29) is 27.6 Å². The van der Waals surface area contributed by atoms with Crippen molar-refractivity contribution >= 4 is 0 Å². The molecular weight excluding hydrogens is 350 g/mol. The summed E-state index contributed by atoms with van der Waals surface area (Å²) >= 11 is 0. The van der Waals surface area contributed by atoms with Crippen LogP contribution in [0.1, 0.15) is 82.9 Å². The molecule has 2 N–H and O–H groups in total. The minimum atomic E-state index is -0.333. The van der Waals surface area contributed by atoms with Gasteiger partial charge in [-0.3, -0.25) is 0 Å². The Morgan fingerprint density at radius 1 is 1.04 bits per heavy atom. The summed E-state index contributed by atoms with van der Waals surface area (Å²) in [5.41, 5.74) is 3.67. The molecule has 1 saturated carbocycles. The van der Waals surface area contributed by atoms with Crippen molar-refractivity contribution in [3.8, 4) is 0 Å². The second-order valence-corrected chi connectivity index (χ2v) is 10.1. The van der Waals surface area contributed by atoms with Gasteiger partial charge in [-0.2, -0.15) is 0 Å². The Balaban J connectivity index is 1.81. The number of benzene rings is 1. The molecule has 1 aromatic carbocycles. The molecule has 1 aromatic heterocycles. The topological polar surface area (TPSA) is 70.7 Å². The zero-order chi connectivity index (χ0) is 20.3. The Morgan fingerprint density at radius 2 is 1.71 bits per heavy atom. The van der Waals surface area contributed by atoms with Crippen LogP contribution in [0.4, 0.5) is 0 Å². The zero-order valence-electron chi connectivity index (χ0n) is 17.8. The van der Waals surface area contributed by atoms with E-state index >= 15 is 0 Å². The standard InChI is InChI=1S/C23H33N3O2/c1-15(2)16-7-8-18-17(13-16)9-12-23(5)21(3,10-6-11-22(18,23)4)14-26-19(27)24-25-20(26)28/h7-8,13,15H,6,9-12,14H2,1-5H3,(H,24,27)(H,25,28)/t21?,22-,23-/m0/s1. The molecule has 0 saturated heterocycles. The predicted octanol–water partition coefficient (Wildman–Crippen LogP) is 4.09. The molecule has 5 nitrogen and oxygen atoms in total. The van der Waals surface area contributed by atoms with Gasteiger partial charge in [0.15, 0.2) is 0 Å². The molecule has 2 aliphatic carbocycles. The van der Waals surface area contributed by atoms with Gasteiger partial charge in [0, 0.05) is 6.54 Å². The van der Waals surface area contributed by atoms with Crippen LogP contribution in [0.3, 0.4) is 0 Å². The molecule has 1 heterocycles. The molecule has 0 amide bonds. The molecule has 0 aliphatic heterocycles. The Kier molecular flexibility index (Phi) is 4.29. The van der Waals surface area contributed by atoms with E-state index in [1.807, 2.05) is 0 Å². The number of nitrogens with zero attached hydrogens (tertiary/aromatic N) is 1. The van der Waals surface area contributed by atoms with Crippen molar-refractivity contribution in [1.29, 1.82) is 0 Å². The van der Waals surface area contributed by atoms with Gasteiger partial charge in [-0.15, -0.1) is 0 Å². The van der Waals surface area contributed by atoms with Crippen LogP contribution in [-0.4, -0.2) is 14.8 Å². The van der Waals surface area contributed by atoms with Gasteiger partial charge in [-0.25, -0.2) is 24.4 Å². The fourth-order valence-electron chi connectivity index (χ4n) is 6.24. The van der Waals surface area contributed by atoms with Gasteiger partial charge in [0.05, 0.1) is 0 Å². The van der Waals surface area contributed by atoms with E-state index in [1.165, 1.54) is 21.3 Å². The van der Waals surface area contributed by atoms with Crippen molar-refractivity contribution in [2.75, 3.05) is 0 Å². The Labute approximate surface area is 166 Å². The maximum Gasteiger partial charge on any atom is 0.344 e. The fourth-order valence-corrected chi connectivity index (χ4v) is 6.24. The van der Waals surface area contributed by atoms with Gasteiger partial charge in [-0.1, -0.05) is 59.2 Å². The Bertz CT molecular complexity index is 986. The highest BCUT2D eigenvalue weighted by atomic mass is 16.2. The average Bonchev–Trinajstić information content (AvgIpc) is 2.95. The Hall–Kier alpha value is -2.04. The first-order valence-corrected chi connectivity index (χ1v) is 10.6. The largest absolute Gasteiger partial charge is 0.344 e. The SMILES string of the molecule is CC(C)c1ccc2c(c1)CC[C@@]1(C)C(C)(Cn3c(=O)[nH][nH]c3=O)CCC[C@@]21C. The smallest absolute Gasteiger partial charge is 0.247 e. The summed E-state index contributed by atoms with van der Waals surface area (Å²) in [7, 11) is 0. The lowest BCUT2D eigenvalue weighted by atomic mass is 9.41. The first-order valence-electron chi connectivity index (χ1n) is 10.6. The zero-order valence-corrected chi connectivity index (χ0v) is 17.8. The highest BCUT2D eigenvalue weighted by Gasteiger charge is 2.60. The van der Waals surface area contributed by atoms with Crippen molar-refractivity contribution < 1.29 is 0 Å². The molecule has 2 aromatic rings. The molecule has 3 atom stereocenters. The molecule has 152 valence electrons. The summed E-state index contributed by atoms with van der Waals surface area (Å²) in [6, 6.07) is 7.08. The number of aryl methyl sites for hydroxylation is 1. The summed E-state index contributed by atoms with van der Waals surface area (Å²) in [5.74, 6) is 0.537. The number of aromatic nitrogens is 3. The number of rotatable bonds is 3. The third kappa shape index (κ3) is 2.51. The molecule has 5 heteroatoms. The van der Waals surface area contributed by atoms with Crippen molar-refractivity contribution in [2.24, 2.45) is 10.8 Å². The number of hydrogen-bond donors (Lipinski definition) is 2. The maximum absolute atomic E-state index is 12.2. The molecule has 1 fully saturated rings. The van der Waals surface area contributed by atoms with E-state index in [4.69, 9.17) is 0 Å². The number of fused-ring (bicyclic) bond motifs is 3. The van der Waals surface area contributed by atoms with Crippen LogP contribution in [-0.2, 0) is 18.4 Å². The average molecular weight is 384 g/mol. The number of aromatic amines is 2. The van der Waals surface area contributed by atoms with Gasteiger partial charge < -0.3 is 0 Å². The molecule has 0 spiro atoms. The maximum atomic E-state index is 12.2. The van der Waals surface area contributed by atoms with E-state index in [1.54, 1.807) is 0 Å². The van der Waals surface area contributed by atoms with Crippen LogP contribution in [0.5, 0.6) is 0 Å². The van der Waals surface area contributed by atoms with Crippen molar-refractivity contribution in [3.63, 3.8) is 0 Å². The van der Waals surface area contributed by atoms with E-state index in [9.17, 15) is 9.59 Å². The lowest BCUT2D eigenvalue weighted by Crippen LogP contribution is -2.59. The summed E-state index contributed by atoms with van der Waals surface area (Å²) in [6.45, 7) is 12.1. The third-order valence-corrected chi connectivity index (χ3v) is 8.51. The van der Waals surface area contributed by atoms with Crippen molar-refractivity contribution in [2.45, 2.75) is 84.6 Å².